The molecule has 4 aromatic heterocycles. The molecular formula is C21H17N7O3S3. The predicted molar refractivity (Wildman–Crippen MR) is 131 cm³/mol. The van der Waals surface area contributed by atoms with Crippen LogP contribution in [0.4, 0.5) is 10.8 Å². The van der Waals surface area contributed by atoms with Crippen molar-refractivity contribution in [3.05, 3.63) is 59.6 Å². The summed E-state index contributed by atoms with van der Waals surface area (Å²) >= 11 is 2.44. The zero-order chi connectivity index (χ0) is 23.9. The number of rotatable bonds is 6. The second kappa shape index (κ2) is 8.59. The van der Waals surface area contributed by atoms with E-state index in [2.05, 4.69) is 30.3 Å². The third-order valence-corrected chi connectivity index (χ3v) is 8.63. The van der Waals surface area contributed by atoms with Crippen LogP contribution < -0.4 is 10.0 Å². The van der Waals surface area contributed by atoms with Gasteiger partial charge in [-0.25, -0.2) is 13.4 Å². The smallest absolute Gasteiger partial charge is 0.273 e. The van der Waals surface area contributed by atoms with Gasteiger partial charge >= 0.3 is 0 Å². The molecule has 0 atom stereocenters. The fourth-order valence-corrected chi connectivity index (χ4v) is 6.49. The largest absolute Gasteiger partial charge is 0.302 e. The van der Waals surface area contributed by atoms with Crippen molar-refractivity contribution in [2.24, 2.45) is 0 Å². The maximum absolute atomic E-state index is 13.0. The highest BCUT2D eigenvalue weighted by Gasteiger charge is 2.23. The fraction of sp³-hybridized carbons (Fsp3) is 0.0952. The molecule has 0 saturated carbocycles. The molecule has 2 N–H and O–H groups in total. The van der Waals surface area contributed by atoms with Crippen molar-refractivity contribution in [3.8, 4) is 22.0 Å². The lowest BCUT2D eigenvalue weighted by atomic mass is 10.1. The van der Waals surface area contributed by atoms with Gasteiger partial charge in [0.05, 0.1) is 16.3 Å². The Labute approximate surface area is 202 Å². The Kier molecular flexibility index (Phi) is 5.59. The van der Waals surface area contributed by atoms with E-state index in [1.54, 1.807) is 41.0 Å². The van der Waals surface area contributed by atoms with Crippen molar-refractivity contribution in [2.75, 3.05) is 10.0 Å². The minimum atomic E-state index is -3.91. The number of amides is 1. The Morgan fingerprint density at radius 3 is 2.71 bits per heavy atom. The number of carbonyl (C=O) groups excluding carboxylic acids is 1. The number of hydrogen-bond acceptors (Lipinski definition) is 9. The van der Waals surface area contributed by atoms with E-state index < -0.39 is 10.0 Å². The Balaban J connectivity index is 1.46. The summed E-state index contributed by atoms with van der Waals surface area (Å²) in [6.45, 7) is 2.92. The second-order valence-electron chi connectivity index (χ2n) is 7.25. The van der Waals surface area contributed by atoms with Crippen LogP contribution in [-0.4, -0.2) is 39.1 Å². The summed E-state index contributed by atoms with van der Waals surface area (Å²) in [6, 6.07) is 14.4. The molecule has 0 unspecified atom stereocenters. The Morgan fingerprint density at radius 2 is 1.94 bits per heavy atom. The number of sulfonamides is 1. The van der Waals surface area contributed by atoms with E-state index in [4.69, 9.17) is 0 Å². The van der Waals surface area contributed by atoms with Crippen LogP contribution in [0.15, 0.2) is 58.1 Å². The topological polar surface area (TPSA) is 131 Å². The van der Waals surface area contributed by atoms with Crippen LogP contribution in [0.25, 0.3) is 27.6 Å². The molecule has 0 fully saturated rings. The summed E-state index contributed by atoms with van der Waals surface area (Å²) in [6.07, 6.45) is 0. The molecule has 172 valence electrons. The molecule has 0 radical (unpaired) electrons. The van der Waals surface area contributed by atoms with Gasteiger partial charge in [0.1, 0.15) is 0 Å². The number of thiazole rings is 1. The molecular weight excluding hydrogens is 494 g/mol. The Morgan fingerprint density at radius 1 is 1.09 bits per heavy atom. The van der Waals surface area contributed by atoms with Crippen LogP contribution in [0.2, 0.25) is 0 Å². The Bertz CT molecular complexity index is 1620. The van der Waals surface area contributed by atoms with Crippen LogP contribution in [0.3, 0.4) is 0 Å². The third kappa shape index (κ3) is 4.27. The predicted octanol–water partition coefficient (Wildman–Crippen LogP) is 4.04. The van der Waals surface area contributed by atoms with Crippen molar-refractivity contribution < 1.29 is 13.2 Å². The normalized spacial score (nSPS) is 11.6. The lowest BCUT2D eigenvalue weighted by Crippen LogP contribution is -2.12. The molecule has 0 aliphatic rings. The lowest BCUT2D eigenvalue weighted by Gasteiger charge is -2.09. The summed E-state index contributed by atoms with van der Waals surface area (Å²) in [4.78, 5) is 16.3. The van der Waals surface area contributed by atoms with E-state index in [1.165, 1.54) is 6.92 Å². The molecule has 0 aliphatic carbocycles. The van der Waals surface area contributed by atoms with Gasteiger partial charge in [-0.1, -0.05) is 29.5 Å². The van der Waals surface area contributed by atoms with E-state index in [0.29, 0.717) is 34.1 Å². The summed E-state index contributed by atoms with van der Waals surface area (Å²) in [5.74, 6) is 0.317. The monoisotopic (exact) mass is 511 g/mol. The number of nitrogens with one attached hydrogen (secondary N) is 2. The molecule has 1 aromatic carbocycles. The first-order valence-corrected chi connectivity index (χ1v) is 13.1. The van der Waals surface area contributed by atoms with Crippen molar-refractivity contribution in [3.63, 3.8) is 0 Å². The first-order chi connectivity index (χ1) is 16.3. The Hall–Kier alpha value is -3.68. The summed E-state index contributed by atoms with van der Waals surface area (Å²) in [5.41, 5.74) is 2.63. The van der Waals surface area contributed by atoms with Gasteiger partial charge in [-0.3, -0.25) is 9.52 Å². The summed E-state index contributed by atoms with van der Waals surface area (Å²) in [5, 5.41) is 17.8. The molecule has 4 heterocycles. The van der Waals surface area contributed by atoms with Gasteiger partial charge in [-0.2, -0.15) is 9.61 Å². The van der Waals surface area contributed by atoms with Gasteiger partial charge in [0.25, 0.3) is 10.0 Å². The maximum atomic E-state index is 13.0. The highest BCUT2D eigenvalue weighted by atomic mass is 32.2. The van der Waals surface area contributed by atoms with Crippen LogP contribution >= 0.6 is 22.7 Å². The van der Waals surface area contributed by atoms with E-state index in [9.17, 15) is 13.2 Å². The zero-order valence-electron chi connectivity index (χ0n) is 17.9. The maximum Gasteiger partial charge on any atom is 0.273 e. The van der Waals surface area contributed by atoms with E-state index in [-0.39, 0.29) is 15.2 Å². The minimum Gasteiger partial charge on any atom is -0.302 e. The van der Waals surface area contributed by atoms with Gasteiger partial charge in [-0.15, -0.1) is 21.5 Å². The number of carbonyl (C=O) groups is 1. The van der Waals surface area contributed by atoms with E-state index in [1.807, 2.05) is 35.7 Å². The van der Waals surface area contributed by atoms with Gasteiger partial charge in [-0.05, 0) is 42.6 Å². The standard InChI is InChI=1S/C21H17N7O3S3/c1-12-20(33-21(22-12)23-13(2)29)34(30,31)27-15-6-3-5-14(11-15)16-8-9-18-24-25-19(28(18)26-16)17-7-4-10-32-17/h3-11,27H,1-2H3,(H,22,23,29). The van der Waals surface area contributed by atoms with Crippen LogP contribution in [0.5, 0.6) is 0 Å². The molecule has 0 spiro atoms. The van der Waals surface area contributed by atoms with Crippen molar-refractivity contribution in [2.45, 2.75) is 18.1 Å². The van der Waals surface area contributed by atoms with Crippen molar-refractivity contribution in [1.82, 2.24) is 24.8 Å². The molecule has 0 saturated heterocycles. The molecule has 34 heavy (non-hydrogen) atoms. The number of aromatic nitrogens is 5. The van der Waals surface area contributed by atoms with Crippen LogP contribution in [0.1, 0.15) is 12.6 Å². The zero-order valence-corrected chi connectivity index (χ0v) is 20.3. The van der Waals surface area contributed by atoms with Crippen molar-refractivity contribution in [1.29, 1.82) is 0 Å². The van der Waals surface area contributed by atoms with E-state index >= 15 is 0 Å². The third-order valence-electron chi connectivity index (χ3n) is 4.70. The first kappa shape index (κ1) is 22.1. The van der Waals surface area contributed by atoms with Gasteiger partial charge in [0, 0.05) is 18.2 Å². The molecule has 1 amide bonds. The van der Waals surface area contributed by atoms with Gasteiger partial charge in [0.15, 0.2) is 20.8 Å². The number of hydrogen-bond donors (Lipinski definition) is 2. The summed E-state index contributed by atoms with van der Waals surface area (Å²) < 4.78 is 30.3. The highest BCUT2D eigenvalue weighted by molar-refractivity contribution is 7.94. The van der Waals surface area contributed by atoms with Crippen LogP contribution in [-0.2, 0) is 14.8 Å². The number of thiophene rings is 1. The number of benzene rings is 1. The van der Waals surface area contributed by atoms with Gasteiger partial charge in [0.2, 0.25) is 5.91 Å². The number of anilines is 2. The average Bonchev–Trinajstić information content (AvgIpc) is 3.52. The van der Waals surface area contributed by atoms with Crippen molar-refractivity contribution >= 4 is 55.1 Å². The lowest BCUT2D eigenvalue weighted by molar-refractivity contribution is -0.114. The number of aryl methyl sites for hydroxylation is 1. The van der Waals surface area contributed by atoms with E-state index in [0.717, 1.165) is 16.2 Å². The summed E-state index contributed by atoms with van der Waals surface area (Å²) in [7, 11) is -3.91. The number of fused-ring (bicyclic) bond motifs is 1. The second-order valence-corrected chi connectivity index (χ2v) is 11.1. The molecule has 10 nitrogen and oxygen atoms in total. The van der Waals surface area contributed by atoms with Crippen LogP contribution in [0, 0.1) is 6.92 Å². The molecule has 13 heteroatoms. The van der Waals surface area contributed by atoms with Gasteiger partial charge < -0.3 is 5.32 Å². The minimum absolute atomic E-state index is 0.0336. The number of nitrogens with zero attached hydrogens (tertiary/aromatic N) is 5. The quantitative estimate of drug-likeness (QED) is 0.352. The highest BCUT2D eigenvalue weighted by Crippen LogP contribution is 2.30. The molecule has 0 bridgehead atoms. The molecule has 5 rings (SSSR count). The average molecular weight is 512 g/mol. The fourth-order valence-electron chi connectivity index (χ4n) is 3.28. The first-order valence-electron chi connectivity index (χ1n) is 9.95. The molecule has 0 aliphatic heterocycles. The molecule has 5 aromatic rings. The SMILES string of the molecule is CC(=O)Nc1nc(C)c(S(=O)(=O)Nc2cccc(-c3ccc4nnc(-c5cccs5)n4n3)c2)s1.